The van der Waals surface area contributed by atoms with Crippen molar-refractivity contribution in [2.45, 2.75) is 29.0 Å². The van der Waals surface area contributed by atoms with Gasteiger partial charge in [0.15, 0.2) is 9.84 Å². The summed E-state index contributed by atoms with van der Waals surface area (Å²) in [4.78, 5) is 10.6. The maximum absolute atomic E-state index is 12.3. The third-order valence-corrected chi connectivity index (χ3v) is 5.95. The minimum absolute atomic E-state index is 0.0573. The molecule has 2 rings (SSSR count). The van der Waals surface area contributed by atoms with Crippen molar-refractivity contribution in [2.24, 2.45) is 5.73 Å². The van der Waals surface area contributed by atoms with E-state index in [4.69, 9.17) is 27.2 Å². The van der Waals surface area contributed by atoms with Gasteiger partial charge < -0.3 is 15.6 Å². The predicted octanol–water partition coefficient (Wildman–Crippen LogP) is 1.38. The number of hydrogen-bond donors (Lipinski definition) is 2. The molecule has 1 aliphatic heterocycles. The predicted molar refractivity (Wildman–Crippen MR) is 77.0 cm³/mol. The topological polar surface area (TPSA) is 107 Å². The van der Waals surface area contributed by atoms with Crippen LogP contribution in [0.5, 0.6) is 0 Å². The van der Waals surface area contributed by atoms with Crippen LogP contribution in [-0.2, 0) is 19.4 Å². The van der Waals surface area contributed by atoms with Gasteiger partial charge in [-0.15, -0.1) is 0 Å². The molecule has 0 radical (unpaired) electrons. The Morgan fingerprint density at radius 1 is 1.48 bits per heavy atom. The first-order valence-electron chi connectivity index (χ1n) is 6.41. The largest absolute Gasteiger partial charge is 0.481 e. The van der Waals surface area contributed by atoms with E-state index in [0.29, 0.717) is 5.56 Å². The van der Waals surface area contributed by atoms with Crippen molar-refractivity contribution in [3.05, 3.63) is 28.8 Å². The van der Waals surface area contributed by atoms with Gasteiger partial charge in [0.1, 0.15) is 5.25 Å². The third kappa shape index (κ3) is 3.55. The Hall–Kier alpha value is -1.15. The number of nitrogens with two attached hydrogens (primary N) is 1. The van der Waals surface area contributed by atoms with E-state index in [-0.39, 0.29) is 36.0 Å². The van der Waals surface area contributed by atoms with Crippen molar-refractivity contribution in [3.63, 3.8) is 0 Å². The van der Waals surface area contributed by atoms with Gasteiger partial charge in [0.2, 0.25) is 0 Å². The third-order valence-electron chi connectivity index (χ3n) is 3.41. The van der Waals surface area contributed by atoms with Crippen LogP contribution >= 0.6 is 11.6 Å². The van der Waals surface area contributed by atoms with Crippen LogP contribution < -0.4 is 5.73 Å². The maximum Gasteiger partial charge on any atom is 0.303 e. The lowest BCUT2D eigenvalue weighted by molar-refractivity contribution is -0.137. The fourth-order valence-corrected chi connectivity index (χ4v) is 4.01. The molecule has 116 valence electrons. The van der Waals surface area contributed by atoms with Crippen LogP contribution in [0.15, 0.2) is 23.1 Å². The first-order valence-corrected chi connectivity index (χ1v) is 8.33. The highest BCUT2D eigenvalue weighted by Crippen LogP contribution is 2.30. The molecule has 0 aromatic heterocycles. The van der Waals surface area contributed by atoms with Gasteiger partial charge >= 0.3 is 5.97 Å². The van der Waals surface area contributed by atoms with E-state index in [1.807, 2.05) is 0 Å². The van der Waals surface area contributed by atoms with E-state index in [1.54, 1.807) is 6.07 Å². The Bertz CT molecular complexity index is 642. The molecule has 1 aromatic carbocycles. The molecule has 1 aromatic rings. The number of halogens is 1. The summed E-state index contributed by atoms with van der Waals surface area (Å²) >= 11 is 6.05. The molecule has 0 spiro atoms. The molecule has 1 atom stereocenters. The first kappa shape index (κ1) is 16.2. The molecule has 1 heterocycles. The monoisotopic (exact) mass is 333 g/mol. The minimum atomic E-state index is -3.49. The molecule has 0 saturated carbocycles. The van der Waals surface area contributed by atoms with Gasteiger partial charge in [0.25, 0.3) is 0 Å². The van der Waals surface area contributed by atoms with Gasteiger partial charge in [0, 0.05) is 12.5 Å². The number of sulfone groups is 1. The number of carboxylic acids is 1. The maximum atomic E-state index is 12.3. The Morgan fingerprint density at radius 3 is 2.62 bits per heavy atom. The fourth-order valence-electron chi connectivity index (χ4n) is 2.00. The second kappa shape index (κ2) is 6.31. The summed E-state index contributed by atoms with van der Waals surface area (Å²) in [6.45, 7) is 0.358. The Labute approximate surface area is 127 Å². The summed E-state index contributed by atoms with van der Waals surface area (Å²) in [5.41, 5.74) is 6.49. The number of carboxylic acid groups (broad SMARTS) is 1. The SMILES string of the molecule is NC(CCC(=O)O)c1ccc(S(=O)(=O)C2COC2)c(Cl)c1. The van der Waals surface area contributed by atoms with Gasteiger partial charge in [0.05, 0.1) is 23.1 Å². The summed E-state index contributed by atoms with van der Waals surface area (Å²) < 4.78 is 29.4. The highest BCUT2D eigenvalue weighted by atomic mass is 35.5. The molecule has 1 fully saturated rings. The van der Waals surface area contributed by atoms with Gasteiger partial charge in [-0.05, 0) is 24.1 Å². The van der Waals surface area contributed by atoms with Crippen molar-refractivity contribution < 1.29 is 23.1 Å². The van der Waals surface area contributed by atoms with Gasteiger partial charge in [-0.2, -0.15) is 0 Å². The minimum Gasteiger partial charge on any atom is -0.481 e. The molecule has 21 heavy (non-hydrogen) atoms. The quantitative estimate of drug-likeness (QED) is 0.814. The number of hydrogen-bond acceptors (Lipinski definition) is 5. The van der Waals surface area contributed by atoms with E-state index >= 15 is 0 Å². The van der Waals surface area contributed by atoms with E-state index in [9.17, 15) is 13.2 Å². The van der Waals surface area contributed by atoms with Crippen molar-refractivity contribution in [1.82, 2.24) is 0 Å². The lowest BCUT2D eigenvalue weighted by atomic mass is 10.0. The van der Waals surface area contributed by atoms with Crippen LogP contribution in [0.3, 0.4) is 0 Å². The van der Waals surface area contributed by atoms with Crippen LogP contribution in [0.4, 0.5) is 0 Å². The highest BCUT2D eigenvalue weighted by Gasteiger charge is 2.35. The molecule has 3 N–H and O–H groups in total. The van der Waals surface area contributed by atoms with Crippen molar-refractivity contribution >= 4 is 27.4 Å². The van der Waals surface area contributed by atoms with Crippen LogP contribution in [0.1, 0.15) is 24.4 Å². The molecule has 6 nitrogen and oxygen atoms in total. The Kier molecular flexibility index (Phi) is 4.88. The number of aliphatic carboxylic acids is 1. The average Bonchev–Trinajstić information content (AvgIpc) is 2.32. The second-order valence-corrected chi connectivity index (χ2v) is 7.54. The zero-order chi connectivity index (χ0) is 15.6. The van der Waals surface area contributed by atoms with Crippen molar-refractivity contribution in [1.29, 1.82) is 0 Å². The summed E-state index contributed by atoms with van der Waals surface area (Å²) in [6, 6.07) is 3.99. The summed E-state index contributed by atoms with van der Waals surface area (Å²) in [6.07, 6.45) is 0.201. The summed E-state index contributed by atoms with van der Waals surface area (Å²) in [5, 5.41) is 8.18. The molecule has 8 heteroatoms. The number of rotatable bonds is 6. The summed E-state index contributed by atoms with van der Waals surface area (Å²) in [5.74, 6) is -0.930. The molecule has 0 bridgehead atoms. The first-order chi connectivity index (χ1) is 9.82. The number of ether oxygens (including phenoxy) is 1. The molecular formula is C13H16ClNO5S. The Morgan fingerprint density at radius 2 is 2.14 bits per heavy atom. The number of benzene rings is 1. The van der Waals surface area contributed by atoms with Gasteiger partial charge in [-0.1, -0.05) is 17.7 Å². The Balaban J connectivity index is 2.19. The molecular weight excluding hydrogens is 318 g/mol. The van der Waals surface area contributed by atoms with Crippen LogP contribution in [0.2, 0.25) is 5.02 Å². The van der Waals surface area contributed by atoms with E-state index in [1.165, 1.54) is 12.1 Å². The normalized spacial score (nSPS) is 17.2. The van der Waals surface area contributed by atoms with E-state index in [2.05, 4.69) is 0 Å². The zero-order valence-corrected chi connectivity index (χ0v) is 12.7. The van der Waals surface area contributed by atoms with Crippen molar-refractivity contribution in [2.75, 3.05) is 13.2 Å². The van der Waals surface area contributed by atoms with Crippen LogP contribution in [0.25, 0.3) is 0 Å². The standard InChI is InChI=1S/C13H16ClNO5S/c14-10-5-8(11(15)2-4-13(16)17)1-3-12(10)21(18,19)9-6-20-7-9/h1,3,5,9,11H,2,4,6-7,15H2,(H,16,17). The van der Waals surface area contributed by atoms with Gasteiger partial charge in [-0.25, -0.2) is 8.42 Å². The molecule has 0 aliphatic carbocycles. The van der Waals surface area contributed by atoms with Crippen LogP contribution in [-0.4, -0.2) is 38.0 Å². The summed E-state index contributed by atoms with van der Waals surface area (Å²) in [7, 11) is -3.49. The smallest absolute Gasteiger partial charge is 0.303 e. The van der Waals surface area contributed by atoms with E-state index in [0.717, 1.165) is 0 Å². The molecule has 1 aliphatic rings. The highest BCUT2D eigenvalue weighted by molar-refractivity contribution is 7.92. The fraction of sp³-hybridized carbons (Fsp3) is 0.462. The lowest BCUT2D eigenvalue weighted by Gasteiger charge is -2.26. The number of carbonyl (C=O) groups is 1. The second-order valence-electron chi connectivity index (χ2n) is 4.93. The van der Waals surface area contributed by atoms with Crippen LogP contribution in [0, 0.1) is 0 Å². The lowest BCUT2D eigenvalue weighted by Crippen LogP contribution is -2.40. The molecule has 1 unspecified atom stereocenters. The molecule has 1 saturated heterocycles. The van der Waals surface area contributed by atoms with Crippen molar-refractivity contribution in [3.8, 4) is 0 Å². The molecule has 0 amide bonds. The zero-order valence-electron chi connectivity index (χ0n) is 11.2. The average molecular weight is 334 g/mol. The van der Waals surface area contributed by atoms with Gasteiger partial charge in [-0.3, -0.25) is 4.79 Å². The van der Waals surface area contributed by atoms with E-state index < -0.39 is 27.1 Å².